The molecule has 1 aromatic rings. The molecule has 0 aliphatic carbocycles. The van der Waals surface area contributed by atoms with Gasteiger partial charge in [-0.1, -0.05) is 6.92 Å². The smallest absolute Gasteiger partial charge is 0.245 e. The molecule has 6 nitrogen and oxygen atoms in total. The van der Waals surface area contributed by atoms with Crippen LogP contribution in [0, 0.1) is 0 Å². The van der Waals surface area contributed by atoms with E-state index in [0.29, 0.717) is 13.1 Å². The maximum absolute atomic E-state index is 12.3. The summed E-state index contributed by atoms with van der Waals surface area (Å²) in [5.41, 5.74) is 5.72. The van der Waals surface area contributed by atoms with Crippen molar-refractivity contribution in [1.29, 1.82) is 0 Å². The van der Waals surface area contributed by atoms with Gasteiger partial charge in [0.25, 0.3) is 0 Å². The molecule has 3 N–H and O–H groups in total. The lowest BCUT2D eigenvalue weighted by molar-refractivity contribution is 0.552. The summed E-state index contributed by atoms with van der Waals surface area (Å²) < 4.78 is 28.9. The molecule has 1 unspecified atom stereocenters. The molecule has 2 heterocycles. The molecule has 20 heavy (non-hydrogen) atoms. The highest BCUT2D eigenvalue weighted by molar-refractivity contribution is 8.01. The van der Waals surface area contributed by atoms with E-state index >= 15 is 0 Å². The van der Waals surface area contributed by atoms with E-state index in [2.05, 4.69) is 16.7 Å². The van der Waals surface area contributed by atoms with Crippen LogP contribution in [0.3, 0.4) is 0 Å². The lowest BCUT2D eigenvalue weighted by atomic mass is 10.1. The molecule has 1 fully saturated rings. The summed E-state index contributed by atoms with van der Waals surface area (Å²) in [5.74, 6) is 1.16. The average molecular weight is 318 g/mol. The average Bonchev–Trinajstić information content (AvgIpc) is 2.96. The van der Waals surface area contributed by atoms with E-state index in [1.54, 1.807) is 4.68 Å². The third-order valence-electron chi connectivity index (χ3n) is 3.43. The second kappa shape index (κ2) is 5.95. The Bertz CT molecular complexity index is 562. The molecular formula is C12H22N4O2S2. The molecule has 8 heteroatoms. The lowest BCUT2D eigenvalue weighted by Gasteiger charge is -2.22. The molecule has 1 atom stereocenters. The topological polar surface area (TPSA) is 90.0 Å². The van der Waals surface area contributed by atoms with Crippen LogP contribution in [0.5, 0.6) is 0 Å². The fourth-order valence-corrected chi connectivity index (χ4v) is 4.85. The van der Waals surface area contributed by atoms with Crippen molar-refractivity contribution in [2.45, 2.75) is 49.3 Å². The van der Waals surface area contributed by atoms with Gasteiger partial charge in [0.1, 0.15) is 4.90 Å². The largest absolute Gasteiger partial charge is 0.381 e. The van der Waals surface area contributed by atoms with Gasteiger partial charge in [-0.15, -0.1) is 0 Å². The number of aryl methyl sites for hydroxylation is 1. The lowest BCUT2D eigenvalue weighted by Crippen LogP contribution is -2.36. The van der Waals surface area contributed by atoms with Crippen LogP contribution >= 0.6 is 11.8 Å². The van der Waals surface area contributed by atoms with E-state index in [1.807, 2.05) is 18.7 Å². The van der Waals surface area contributed by atoms with Crippen molar-refractivity contribution in [3.8, 4) is 0 Å². The summed E-state index contributed by atoms with van der Waals surface area (Å²) in [6, 6.07) is 0. The van der Waals surface area contributed by atoms with Crippen molar-refractivity contribution in [3.63, 3.8) is 0 Å². The number of nitrogens with zero attached hydrogens (tertiary/aromatic N) is 2. The van der Waals surface area contributed by atoms with Crippen molar-refractivity contribution in [2.75, 3.05) is 18.0 Å². The number of nitrogen functional groups attached to an aromatic ring is 1. The maximum atomic E-state index is 12.3. The van der Waals surface area contributed by atoms with Crippen molar-refractivity contribution in [1.82, 2.24) is 14.5 Å². The summed E-state index contributed by atoms with van der Waals surface area (Å²) in [6.07, 6.45) is 4.55. The molecule has 0 radical (unpaired) electrons. The number of hydrogen-bond acceptors (Lipinski definition) is 5. The zero-order valence-electron chi connectivity index (χ0n) is 11.9. The number of sulfonamides is 1. The molecule has 1 aliphatic heterocycles. The van der Waals surface area contributed by atoms with Gasteiger partial charge in [-0.05, 0) is 31.9 Å². The van der Waals surface area contributed by atoms with Gasteiger partial charge in [0, 0.05) is 24.0 Å². The van der Waals surface area contributed by atoms with Crippen LogP contribution in [0.4, 0.5) is 5.82 Å². The summed E-state index contributed by atoms with van der Waals surface area (Å²) in [4.78, 5) is 0.0811. The van der Waals surface area contributed by atoms with E-state index in [9.17, 15) is 8.42 Å². The van der Waals surface area contributed by atoms with Crippen LogP contribution < -0.4 is 10.5 Å². The molecular weight excluding hydrogens is 296 g/mol. The fourth-order valence-electron chi connectivity index (χ4n) is 2.27. The highest BCUT2D eigenvalue weighted by Gasteiger charge is 2.32. The first-order chi connectivity index (χ1) is 9.36. The number of nitrogens with two attached hydrogens (primary N) is 1. The maximum Gasteiger partial charge on any atom is 0.245 e. The first-order valence-corrected chi connectivity index (χ1v) is 9.30. The van der Waals surface area contributed by atoms with Gasteiger partial charge in [-0.3, -0.25) is 4.68 Å². The van der Waals surface area contributed by atoms with Gasteiger partial charge in [0.15, 0.2) is 5.82 Å². The standard InChI is InChI=1S/C12H22N4O2S2/c1-3-6-16-8-10(11(13)15-16)20(17,18)14-9-12(2)5-4-7-19-12/h8,14H,3-7,9H2,1-2H3,(H2,13,15). The highest BCUT2D eigenvalue weighted by Crippen LogP contribution is 2.37. The molecule has 0 aromatic carbocycles. The molecule has 0 saturated carbocycles. The number of thioether (sulfide) groups is 1. The minimum Gasteiger partial charge on any atom is -0.381 e. The zero-order valence-corrected chi connectivity index (χ0v) is 13.6. The molecule has 0 amide bonds. The van der Waals surface area contributed by atoms with Crippen LogP contribution in [0.15, 0.2) is 11.1 Å². The fraction of sp³-hybridized carbons (Fsp3) is 0.750. The van der Waals surface area contributed by atoms with Gasteiger partial charge in [-0.2, -0.15) is 16.9 Å². The summed E-state index contributed by atoms with van der Waals surface area (Å²) in [5, 5.41) is 4.03. The highest BCUT2D eigenvalue weighted by atomic mass is 32.2. The van der Waals surface area contributed by atoms with Gasteiger partial charge in [0.05, 0.1) is 0 Å². The minimum atomic E-state index is -3.59. The number of anilines is 1. The first-order valence-electron chi connectivity index (χ1n) is 6.83. The van der Waals surface area contributed by atoms with Crippen LogP contribution in [-0.2, 0) is 16.6 Å². The normalized spacial score (nSPS) is 23.3. The predicted octanol–water partition coefficient (Wildman–Crippen LogP) is 1.44. The van der Waals surface area contributed by atoms with E-state index < -0.39 is 10.0 Å². The Hall–Kier alpha value is -0.730. The summed E-state index contributed by atoms with van der Waals surface area (Å²) >= 11 is 1.82. The number of hydrogen-bond donors (Lipinski definition) is 2. The Balaban J connectivity index is 2.09. The Morgan fingerprint density at radius 2 is 2.35 bits per heavy atom. The minimum absolute atomic E-state index is 0.0127. The van der Waals surface area contributed by atoms with Gasteiger partial charge >= 0.3 is 0 Å². The third kappa shape index (κ3) is 3.48. The second-order valence-electron chi connectivity index (χ2n) is 5.37. The number of rotatable bonds is 6. The van der Waals surface area contributed by atoms with E-state index in [-0.39, 0.29) is 15.5 Å². The van der Waals surface area contributed by atoms with Crippen molar-refractivity contribution in [3.05, 3.63) is 6.20 Å². The SMILES string of the molecule is CCCn1cc(S(=O)(=O)NCC2(C)CCCS2)c(N)n1. The van der Waals surface area contributed by atoms with Gasteiger partial charge in [-0.25, -0.2) is 13.1 Å². The molecule has 0 bridgehead atoms. The van der Waals surface area contributed by atoms with Crippen LogP contribution in [-0.4, -0.2) is 35.2 Å². The van der Waals surface area contributed by atoms with Gasteiger partial charge in [0.2, 0.25) is 10.0 Å². The molecule has 1 saturated heterocycles. The van der Waals surface area contributed by atoms with Crippen LogP contribution in [0.1, 0.15) is 33.1 Å². The van der Waals surface area contributed by atoms with Crippen LogP contribution in [0.2, 0.25) is 0 Å². The monoisotopic (exact) mass is 318 g/mol. The number of aromatic nitrogens is 2. The van der Waals surface area contributed by atoms with Crippen LogP contribution in [0.25, 0.3) is 0 Å². The molecule has 2 rings (SSSR count). The summed E-state index contributed by atoms with van der Waals surface area (Å²) in [6.45, 7) is 5.19. The van der Waals surface area contributed by atoms with E-state index in [0.717, 1.165) is 25.0 Å². The van der Waals surface area contributed by atoms with Gasteiger partial charge < -0.3 is 5.73 Å². The number of nitrogens with one attached hydrogen (secondary N) is 1. The Morgan fingerprint density at radius 1 is 1.60 bits per heavy atom. The van der Waals surface area contributed by atoms with Crippen molar-refractivity contribution >= 4 is 27.6 Å². The molecule has 1 aromatic heterocycles. The quantitative estimate of drug-likeness (QED) is 0.828. The van der Waals surface area contributed by atoms with E-state index in [4.69, 9.17) is 5.73 Å². The van der Waals surface area contributed by atoms with Crippen molar-refractivity contribution < 1.29 is 8.42 Å². The molecule has 114 valence electrons. The third-order valence-corrected chi connectivity index (χ3v) is 6.39. The zero-order chi connectivity index (χ0) is 14.8. The Morgan fingerprint density at radius 3 is 2.95 bits per heavy atom. The molecule has 1 aliphatic rings. The molecule has 0 spiro atoms. The Labute approximate surface area is 124 Å². The first kappa shape index (κ1) is 15.7. The predicted molar refractivity (Wildman–Crippen MR) is 82.2 cm³/mol. The van der Waals surface area contributed by atoms with E-state index in [1.165, 1.54) is 6.20 Å². The Kier molecular flexibility index (Phi) is 4.66. The second-order valence-corrected chi connectivity index (χ2v) is 8.79. The summed E-state index contributed by atoms with van der Waals surface area (Å²) in [7, 11) is -3.59. The van der Waals surface area contributed by atoms with Crippen molar-refractivity contribution in [2.24, 2.45) is 0 Å².